The predicted molar refractivity (Wildman–Crippen MR) is 104 cm³/mol. The molecule has 8 nitrogen and oxygen atoms in total. The smallest absolute Gasteiger partial charge is 0.340 e. The summed E-state index contributed by atoms with van der Waals surface area (Å²) in [4.78, 5) is 35.8. The van der Waals surface area contributed by atoms with E-state index in [9.17, 15) is 14.4 Å². The molecule has 0 aliphatic carbocycles. The molecule has 0 aliphatic heterocycles. The number of hydrogen-bond acceptors (Lipinski definition) is 8. The van der Waals surface area contributed by atoms with Gasteiger partial charge in [0.15, 0.2) is 6.61 Å². The Labute approximate surface area is 166 Å². The second-order valence-electron chi connectivity index (χ2n) is 5.77. The van der Waals surface area contributed by atoms with E-state index in [0.29, 0.717) is 11.4 Å². The summed E-state index contributed by atoms with van der Waals surface area (Å²) in [6.45, 7) is 5.13. The Kier molecular flexibility index (Phi) is 8.06. The number of anilines is 1. The van der Waals surface area contributed by atoms with Crippen LogP contribution < -0.4 is 5.32 Å². The topological polar surface area (TPSA) is 108 Å². The van der Waals surface area contributed by atoms with Gasteiger partial charge < -0.3 is 19.3 Å². The van der Waals surface area contributed by atoms with Gasteiger partial charge in [0.1, 0.15) is 5.76 Å². The van der Waals surface area contributed by atoms with Gasteiger partial charge in [-0.2, -0.15) is 0 Å². The van der Waals surface area contributed by atoms with Crippen LogP contribution in [0.4, 0.5) is 5.69 Å². The highest BCUT2D eigenvalue weighted by Crippen LogP contribution is 2.19. The van der Waals surface area contributed by atoms with E-state index in [0.717, 1.165) is 17.0 Å². The van der Waals surface area contributed by atoms with Crippen molar-refractivity contribution in [1.29, 1.82) is 0 Å². The van der Waals surface area contributed by atoms with Crippen LogP contribution in [0.5, 0.6) is 0 Å². The van der Waals surface area contributed by atoms with Crippen LogP contribution in [-0.4, -0.2) is 42.0 Å². The van der Waals surface area contributed by atoms with Gasteiger partial charge in [-0.05, 0) is 32.9 Å². The maximum atomic E-state index is 12.0. The first kappa shape index (κ1) is 21.5. The first-order valence-corrected chi connectivity index (χ1v) is 9.79. The summed E-state index contributed by atoms with van der Waals surface area (Å²) in [5, 5.41) is 6.41. The number of aromatic nitrogens is 1. The number of benzene rings is 1. The number of nitrogens with one attached hydrogen (secondary N) is 1. The van der Waals surface area contributed by atoms with Gasteiger partial charge >= 0.3 is 11.9 Å². The van der Waals surface area contributed by atoms with Crippen molar-refractivity contribution in [2.24, 2.45) is 0 Å². The molecule has 1 aromatic carbocycles. The van der Waals surface area contributed by atoms with Crippen LogP contribution in [0.25, 0.3) is 0 Å². The molecule has 0 aliphatic rings. The van der Waals surface area contributed by atoms with Gasteiger partial charge in [0.25, 0.3) is 5.91 Å². The molecule has 1 amide bonds. The number of carbonyl (C=O) groups is 3. The first-order valence-electron chi connectivity index (χ1n) is 8.63. The molecular formula is C19H22N2O6S. The summed E-state index contributed by atoms with van der Waals surface area (Å²) in [6.07, 6.45) is 0. The molecule has 9 heteroatoms. The number of amides is 1. The monoisotopic (exact) mass is 406 g/mol. The zero-order valence-electron chi connectivity index (χ0n) is 15.9. The lowest BCUT2D eigenvalue weighted by Crippen LogP contribution is -2.23. The number of ether oxygens (including phenoxy) is 2. The average Bonchev–Trinajstić information content (AvgIpc) is 2.99. The molecule has 0 saturated carbocycles. The van der Waals surface area contributed by atoms with Crippen LogP contribution in [0.3, 0.4) is 0 Å². The molecule has 0 spiro atoms. The fourth-order valence-electron chi connectivity index (χ4n) is 2.30. The predicted octanol–water partition coefficient (Wildman–Crippen LogP) is 2.88. The molecule has 1 N–H and O–H groups in total. The minimum atomic E-state index is -0.541. The van der Waals surface area contributed by atoms with Crippen molar-refractivity contribution in [2.75, 3.05) is 24.3 Å². The molecular weight excluding hydrogens is 384 g/mol. The van der Waals surface area contributed by atoms with Crippen LogP contribution in [0, 0.1) is 13.8 Å². The third-order valence-corrected chi connectivity index (χ3v) is 4.64. The van der Waals surface area contributed by atoms with Crippen molar-refractivity contribution in [3.8, 4) is 0 Å². The van der Waals surface area contributed by atoms with Gasteiger partial charge in [-0.1, -0.05) is 17.3 Å². The second-order valence-corrected chi connectivity index (χ2v) is 6.76. The lowest BCUT2D eigenvalue weighted by molar-refractivity contribution is -0.144. The molecule has 0 unspecified atom stereocenters. The minimum absolute atomic E-state index is 0.0940. The maximum Gasteiger partial charge on any atom is 0.340 e. The zero-order valence-corrected chi connectivity index (χ0v) is 16.8. The Bertz CT molecular complexity index is 829. The molecule has 0 saturated heterocycles. The van der Waals surface area contributed by atoms with E-state index < -0.39 is 24.5 Å². The standard InChI is InChI=1S/C19H22N2O6S/c1-4-25-19(24)14-7-5-6-8-16(14)20-17(22)9-26-18(23)11-28-10-15-12(2)21-27-13(15)3/h5-8H,4,9-11H2,1-3H3,(H,20,22). The Morgan fingerprint density at radius 2 is 1.93 bits per heavy atom. The van der Waals surface area contributed by atoms with Crippen LogP contribution in [0.1, 0.15) is 34.3 Å². The summed E-state index contributed by atoms with van der Waals surface area (Å²) in [6, 6.07) is 6.46. The largest absolute Gasteiger partial charge is 0.462 e. The van der Waals surface area contributed by atoms with E-state index in [1.807, 2.05) is 13.8 Å². The Balaban J connectivity index is 1.78. The van der Waals surface area contributed by atoms with Crippen molar-refractivity contribution in [3.05, 3.63) is 46.8 Å². The van der Waals surface area contributed by atoms with Gasteiger partial charge in [0.05, 0.1) is 29.3 Å². The molecule has 2 aromatic rings. The van der Waals surface area contributed by atoms with E-state index in [1.54, 1.807) is 31.2 Å². The highest BCUT2D eigenvalue weighted by Gasteiger charge is 2.15. The highest BCUT2D eigenvalue weighted by molar-refractivity contribution is 7.99. The van der Waals surface area contributed by atoms with Crippen LogP contribution in [0.15, 0.2) is 28.8 Å². The molecule has 28 heavy (non-hydrogen) atoms. The number of carbonyl (C=O) groups excluding carboxylic acids is 3. The van der Waals surface area contributed by atoms with Gasteiger partial charge in [-0.25, -0.2) is 4.79 Å². The van der Waals surface area contributed by atoms with Crippen molar-refractivity contribution in [3.63, 3.8) is 0 Å². The number of nitrogens with zero attached hydrogens (tertiary/aromatic N) is 1. The first-order chi connectivity index (χ1) is 13.4. The van der Waals surface area contributed by atoms with Crippen molar-refractivity contribution in [2.45, 2.75) is 26.5 Å². The number of aryl methyl sites for hydroxylation is 2. The lowest BCUT2D eigenvalue weighted by Gasteiger charge is -2.10. The van der Waals surface area contributed by atoms with Crippen molar-refractivity contribution in [1.82, 2.24) is 5.16 Å². The number of thioether (sulfide) groups is 1. The van der Waals surface area contributed by atoms with Crippen LogP contribution in [0.2, 0.25) is 0 Å². The third-order valence-electron chi connectivity index (χ3n) is 3.71. The quantitative estimate of drug-likeness (QED) is 0.634. The minimum Gasteiger partial charge on any atom is -0.462 e. The summed E-state index contributed by atoms with van der Waals surface area (Å²) in [5.74, 6) is -0.206. The van der Waals surface area contributed by atoms with Gasteiger partial charge in [0, 0.05) is 11.3 Å². The molecule has 150 valence electrons. The Morgan fingerprint density at radius 3 is 2.61 bits per heavy atom. The maximum absolute atomic E-state index is 12.0. The molecule has 1 heterocycles. The van der Waals surface area contributed by atoms with Gasteiger partial charge in [-0.3, -0.25) is 9.59 Å². The molecule has 0 radical (unpaired) electrons. The molecule has 2 rings (SSSR count). The molecule has 0 fully saturated rings. The van der Waals surface area contributed by atoms with E-state index in [-0.39, 0.29) is 17.9 Å². The molecule has 1 aromatic heterocycles. The van der Waals surface area contributed by atoms with Crippen LogP contribution in [-0.2, 0) is 24.8 Å². The zero-order chi connectivity index (χ0) is 20.5. The van der Waals surface area contributed by atoms with E-state index >= 15 is 0 Å². The summed E-state index contributed by atoms with van der Waals surface area (Å²) in [7, 11) is 0. The second kappa shape index (κ2) is 10.5. The summed E-state index contributed by atoms with van der Waals surface area (Å²) >= 11 is 1.35. The SMILES string of the molecule is CCOC(=O)c1ccccc1NC(=O)COC(=O)CSCc1c(C)noc1C. The average molecular weight is 406 g/mol. The van der Waals surface area contributed by atoms with E-state index in [1.165, 1.54) is 11.8 Å². The summed E-state index contributed by atoms with van der Waals surface area (Å²) in [5.41, 5.74) is 2.28. The third kappa shape index (κ3) is 6.12. The lowest BCUT2D eigenvalue weighted by atomic mass is 10.2. The fourth-order valence-corrected chi connectivity index (χ4v) is 3.27. The number of rotatable bonds is 9. The number of para-hydroxylation sites is 1. The summed E-state index contributed by atoms with van der Waals surface area (Å²) < 4.78 is 15.0. The fraction of sp³-hybridized carbons (Fsp3) is 0.368. The molecule has 0 atom stereocenters. The highest BCUT2D eigenvalue weighted by atomic mass is 32.2. The Hall–Kier alpha value is -2.81. The molecule has 0 bridgehead atoms. The number of esters is 2. The van der Waals surface area contributed by atoms with Gasteiger partial charge in [0.2, 0.25) is 0 Å². The van der Waals surface area contributed by atoms with Crippen molar-refractivity contribution >= 4 is 35.3 Å². The number of hydrogen-bond donors (Lipinski definition) is 1. The normalized spacial score (nSPS) is 10.4. The Morgan fingerprint density at radius 1 is 1.18 bits per heavy atom. The van der Waals surface area contributed by atoms with E-state index in [4.69, 9.17) is 14.0 Å². The van der Waals surface area contributed by atoms with Crippen LogP contribution >= 0.6 is 11.8 Å². The van der Waals surface area contributed by atoms with E-state index in [2.05, 4.69) is 10.5 Å². The van der Waals surface area contributed by atoms with Crippen molar-refractivity contribution < 1.29 is 28.4 Å². The van der Waals surface area contributed by atoms with Gasteiger partial charge in [-0.15, -0.1) is 11.8 Å².